The Morgan fingerprint density at radius 2 is 0.938 bits per heavy atom. The fraction of sp³-hybridized carbons (Fsp3) is 1.00. The second kappa shape index (κ2) is 24.0. The van der Waals surface area contributed by atoms with E-state index in [1.165, 1.54) is 96.3 Å². The van der Waals surface area contributed by atoms with E-state index in [0.29, 0.717) is 6.42 Å². The summed E-state index contributed by atoms with van der Waals surface area (Å²) in [6.45, 7) is 4.42. The number of rotatable bonds is 26. The van der Waals surface area contributed by atoms with Crippen molar-refractivity contribution in [3.63, 3.8) is 0 Å². The molecule has 0 aromatic carbocycles. The minimum Gasteiger partial charge on any atom is -0.391 e. The summed E-state index contributed by atoms with van der Waals surface area (Å²) in [7, 11) is -4.00. The highest BCUT2D eigenvalue weighted by molar-refractivity contribution is 7.81. The van der Waals surface area contributed by atoms with E-state index in [-0.39, 0.29) is 13.2 Å². The van der Waals surface area contributed by atoms with Crippen LogP contribution >= 0.6 is 0 Å². The SMILES string of the molecule is CCCCCCCCCCCCOS(=O)(=O)OCC(O)CCCCCCCCCCCC. The summed E-state index contributed by atoms with van der Waals surface area (Å²) in [5, 5.41) is 9.95. The highest BCUT2D eigenvalue weighted by Crippen LogP contribution is 2.13. The first kappa shape index (κ1) is 31.8. The first-order chi connectivity index (χ1) is 15.5. The van der Waals surface area contributed by atoms with Crippen LogP contribution < -0.4 is 0 Å². The third kappa shape index (κ3) is 24.5. The summed E-state index contributed by atoms with van der Waals surface area (Å²) in [4.78, 5) is 0. The lowest BCUT2D eigenvalue weighted by Gasteiger charge is -2.11. The van der Waals surface area contributed by atoms with E-state index < -0.39 is 16.5 Å². The Hall–Kier alpha value is -0.170. The molecule has 1 unspecified atom stereocenters. The lowest BCUT2D eigenvalue weighted by atomic mass is 10.0. The van der Waals surface area contributed by atoms with Crippen LogP contribution in [0, 0.1) is 0 Å². The zero-order chi connectivity index (χ0) is 23.8. The van der Waals surface area contributed by atoms with Crippen molar-refractivity contribution >= 4 is 10.4 Å². The van der Waals surface area contributed by atoms with Crippen LogP contribution in [-0.4, -0.2) is 32.8 Å². The van der Waals surface area contributed by atoms with Gasteiger partial charge in [-0.25, -0.2) is 8.37 Å². The van der Waals surface area contributed by atoms with Crippen molar-refractivity contribution < 1.29 is 21.9 Å². The molecule has 0 aliphatic rings. The van der Waals surface area contributed by atoms with Gasteiger partial charge in [0, 0.05) is 0 Å². The third-order valence-electron chi connectivity index (χ3n) is 6.02. The van der Waals surface area contributed by atoms with E-state index in [1.807, 2.05) is 0 Å². The van der Waals surface area contributed by atoms with Crippen molar-refractivity contribution in [2.24, 2.45) is 0 Å². The van der Waals surface area contributed by atoms with Gasteiger partial charge < -0.3 is 5.11 Å². The maximum atomic E-state index is 11.8. The van der Waals surface area contributed by atoms with Gasteiger partial charge in [-0.3, -0.25) is 0 Å². The summed E-state index contributed by atoms with van der Waals surface area (Å²) >= 11 is 0. The van der Waals surface area contributed by atoms with Gasteiger partial charge >= 0.3 is 10.4 Å². The molecule has 5 nitrogen and oxygen atoms in total. The smallest absolute Gasteiger partial charge is 0.391 e. The summed E-state index contributed by atoms with van der Waals surface area (Å²) in [5.41, 5.74) is 0. The molecule has 1 N–H and O–H groups in total. The van der Waals surface area contributed by atoms with Gasteiger partial charge in [0.1, 0.15) is 0 Å². The maximum absolute atomic E-state index is 11.8. The van der Waals surface area contributed by atoms with Crippen molar-refractivity contribution in [1.29, 1.82) is 0 Å². The van der Waals surface area contributed by atoms with Gasteiger partial charge in [-0.2, -0.15) is 8.42 Å². The molecule has 0 rings (SSSR count). The van der Waals surface area contributed by atoms with E-state index in [2.05, 4.69) is 13.8 Å². The largest absolute Gasteiger partial charge is 0.399 e. The average molecular weight is 479 g/mol. The van der Waals surface area contributed by atoms with Crippen molar-refractivity contribution in [2.75, 3.05) is 13.2 Å². The van der Waals surface area contributed by atoms with Gasteiger partial charge in [0.2, 0.25) is 0 Å². The lowest BCUT2D eigenvalue weighted by Crippen LogP contribution is -2.20. The number of hydrogen-bond donors (Lipinski definition) is 1. The molecule has 0 saturated carbocycles. The molecular formula is C26H54O5S. The Bertz CT molecular complexity index is 467. The van der Waals surface area contributed by atoms with Crippen molar-refractivity contribution in [1.82, 2.24) is 0 Å². The van der Waals surface area contributed by atoms with Crippen LogP contribution in [0.4, 0.5) is 0 Å². The summed E-state index contributed by atoms with van der Waals surface area (Å²) < 4.78 is 33.3. The Balaban J connectivity index is 3.47. The molecule has 0 aliphatic carbocycles. The van der Waals surface area contributed by atoms with E-state index in [9.17, 15) is 13.5 Å². The van der Waals surface area contributed by atoms with Crippen LogP contribution in [0.3, 0.4) is 0 Å². The lowest BCUT2D eigenvalue weighted by molar-refractivity contribution is 0.0877. The van der Waals surface area contributed by atoms with E-state index in [4.69, 9.17) is 8.37 Å². The molecule has 0 aromatic rings. The van der Waals surface area contributed by atoms with E-state index >= 15 is 0 Å². The fourth-order valence-electron chi connectivity index (χ4n) is 3.90. The van der Waals surface area contributed by atoms with Crippen LogP contribution in [0.15, 0.2) is 0 Å². The van der Waals surface area contributed by atoms with Gasteiger partial charge in [-0.15, -0.1) is 0 Å². The molecule has 0 fully saturated rings. The predicted molar refractivity (Wildman–Crippen MR) is 135 cm³/mol. The van der Waals surface area contributed by atoms with Crippen LogP contribution in [0.5, 0.6) is 0 Å². The molecule has 0 bridgehead atoms. The van der Waals surface area contributed by atoms with Gasteiger partial charge in [-0.1, -0.05) is 136 Å². The Morgan fingerprint density at radius 3 is 1.38 bits per heavy atom. The summed E-state index contributed by atoms with van der Waals surface area (Å²) in [5.74, 6) is 0. The van der Waals surface area contributed by atoms with E-state index in [1.54, 1.807) is 0 Å². The van der Waals surface area contributed by atoms with Crippen LogP contribution in [0.25, 0.3) is 0 Å². The minimum atomic E-state index is -4.00. The highest BCUT2D eigenvalue weighted by Gasteiger charge is 2.15. The zero-order valence-electron chi connectivity index (χ0n) is 21.3. The quantitative estimate of drug-likeness (QED) is 0.128. The second-order valence-electron chi connectivity index (χ2n) is 9.32. The predicted octanol–water partition coefficient (Wildman–Crippen LogP) is 7.86. The number of unbranched alkanes of at least 4 members (excludes halogenated alkanes) is 18. The fourth-order valence-corrected chi connectivity index (χ4v) is 4.61. The standard InChI is InChI=1S/C26H54O5S/c1-3-5-7-9-11-13-15-17-19-21-23-26(27)25-31-32(28,29)30-24-22-20-18-16-14-12-10-8-6-4-2/h26-27H,3-25H2,1-2H3. The highest BCUT2D eigenvalue weighted by atomic mass is 32.3. The topological polar surface area (TPSA) is 72.8 Å². The molecule has 6 heteroatoms. The van der Waals surface area contributed by atoms with Crippen LogP contribution in [-0.2, 0) is 18.8 Å². The van der Waals surface area contributed by atoms with Gasteiger partial charge in [0.15, 0.2) is 0 Å². The Kier molecular flexibility index (Phi) is 23.8. The first-order valence-electron chi connectivity index (χ1n) is 13.7. The van der Waals surface area contributed by atoms with Crippen molar-refractivity contribution in [3.8, 4) is 0 Å². The molecule has 32 heavy (non-hydrogen) atoms. The van der Waals surface area contributed by atoms with Gasteiger partial charge in [0.05, 0.1) is 19.3 Å². The van der Waals surface area contributed by atoms with Crippen LogP contribution in [0.1, 0.15) is 149 Å². The monoisotopic (exact) mass is 478 g/mol. The molecule has 1 atom stereocenters. The van der Waals surface area contributed by atoms with Gasteiger partial charge in [0.25, 0.3) is 0 Å². The second-order valence-corrected chi connectivity index (χ2v) is 10.6. The maximum Gasteiger partial charge on any atom is 0.399 e. The van der Waals surface area contributed by atoms with E-state index in [0.717, 1.165) is 32.1 Å². The Labute approximate surface area is 200 Å². The number of aliphatic hydroxyl groups is 1. The van der Waals surface area contributed by atoms with Crippen LogP contribution in [0.2, 0.25) is 0 Å². The summed E-state index contributed by atoms with van der Waals surface area (Å²) in [6.07, 6.45) is 24.1. The molecule has 0 aliphatic heterocycles. The third-order valence-corrected chi connectivity index (χ3v) is 6.90. The summed E-state index contributed by atoms with van der Waals surface area (Å²) in [6, 6.07) is 0. The molecule has 0 heterocycles. The van der Waals surface area contributed by atoms with Crippen molar-refractivity contribution in [3.05, 3.63) is 0 Å². The molecule has 0 aromatic heterocycles. The number of aliphatic hydroxyl groups excluding tert-OH is 1. The molecular weight excluding hydrogens is 424 g/mol. The first-order valence-corrected chi connectivity index (χ1v) is 15.1. The molecule has 0 amide bonds. The average Bonchev–Trinajstić information content (AvgIpc) is 2.77. The number of hydrogen-bond acceptors (Lipinski definition) is 5. The molecule has 194 valence electrons. The minimum absolute atomic E-state index is 0.160. The zero-order valence-corrected chi connectivity index (χ0v) is 22.1. The van der Waals surface area contributed by atoms with Crippen molar-refractivity contribution in [2.45, 2.75) is 155 Å². The Morgan fingerprint density at radius 1 is 0.562 bits per heavy atom. The van der Waals surface area contributed by atoms with Gasteiger partial charge in [-0.05, 0) is 12.8 Å². The molecule has 0 saturated heterocycles. The molecule has 0 radical (unpaired) electrons. The molecule has 0 spiro atoms. The normalized spacial score (nSPS) is 13.0.